The molecule has 76 valence electrons. The van der Waals surface area contributed by atoms with Gasteiger partial charge in [-0.25, -0.2) is 5.90 Å². The first-order valence-electron chi connectivity index (χ1n) is 4.45. The topological polar surface area (TPSA) is 35.2 Å². The smallest absolute Gasteiger partial charge is 0.0776 e. The maximum atomic E-state index is 5.96. The largest absolute Gasteiger partial charge is 0.304 e. The highest BCUT2D eigenvalue weighted by atomic mass is 79.9. The first kappa shape index (κ1) is 10.4. The fourth-order valence-electron chi connectivity index (χ4n) is 1.71. The van der Waals surface area contributed by atoms with Crippen molar-refractivity contribution in [3.8, 4) is 0 Å². The van der Waals surface area contributed by atoms with Gasteiger partial charge in [-0.15, -0.1) is 0 Å². The van der Waals surface area contributed by atoms with E-state index in [-0.39, 0.29) is 5.41 Å². The van der Waals surface area contributed by atoms with E-state index in [1.165, 1.54) is 5.56 Å². The molecule has 0 aliphatic heterocycles. The maximum absolute atomic E-state index is 5.96. The molecule has 14 heavy (non-hydrogen) atoms. The first-order valence-corrected chi connectivity index (χ1v) is 5.62. The summed E-state index contributed by atoms with van der Waals surface area (Å²) < 4.78 is 1.08. The highest BCUT2D eigenvalue weighted by molar-refractivity contribution is 9.10. The highest BCUT2D eigenvalue weighted by Gasteiger charge is 2.45. The lowest BCUT2D eigenvalue weighted by molar-refractivity contribution is 0.116. The fraction of sp³-hybridized carbons (Fsp3) is 0.400. The maximum Gasteiger partial charge on any atom is 0.0776 e. The van der Waals surface area contributed by atoms with E-state index in [9.17, 15) is 0 Å². The van der Waals surface area contributed by atoms with Gasteiger partial charge in [-0.3, -0.25) is 0 Å². The third-order valence-corrected chi connectivity index (χ3v) is 3.64. The lowest BCUT2D eigenvalue weighted by Crippen LogP contribution is -2.18. The molecule has 2 nitrogen and oxygen atoms in total. The molecule has 1 aromatic carbocycles. The second-order valence-corrected chi connectivity index (χ2v) is 5.01. The Hall–Kier alpha value is -0.0900. The molecule has 0 saturated heterocycles. The predicted molar refractivity (Wildman–Crippen MR) is 60.2 cm³/mol. The summed E-state index contributed by atoms with van der Waals surface area (Å²) >= 11 is 9.48. The second-order valence-electron chi connectivity index (χ2n) is 3.72. The number of hydrogen-bond acceptors (Lipinski definition) is 2. The Morgan fingerprint density at radius 3 is 2.79 bits per heavy atom. The van der Waals surface area contributed by atoms with E-state index >= 15 is 0 Å². The van der Waals surface area contributed by atoms with Crippen LogP contribution < -0.4 is 5.90 Å². The van der Waals surface area contributed by atoms with E-state index in [0.29, 0.717) is 6.61 Å². The summed E-state index contributed by atoms with van der Waals surface area (Å²) in [5.74, 6) is 5.13. The quantitative estimate of drug-likeness (QED) is 0.861. The summed E-state index contributed by atoms with van der Waals surface area (Å²) in [5, 5.41) is 0.756. The summed E-state index contributed by atoms with van der Waals surface area (Å²) in [7, 11) is 0. The van der Waals surface area contributed by atoms with Gasteiger partial charge >= 0.3 is 0 Å². The summed E-state index contributed by atoms with van der Waals surface area (Å²) in [4.78, 5) is 4.75. The summed E-state index contributed by atoms with van der Waals surface area (Å²) in [5.41, 5.74) is 1.30. The zero-order valence-corrected chi connectivity index (χ0v) is 9.94. The van der Waals surface area contributed by atoms with E-state index in [2.05, 4.69) is 15.9 Å². The number of hydrogen-bond donors (Lipinski definition) is 1. The molecule has 0 radical (unpaired) electrons. The molecule has 0 amide bonds. The van der Waals surface area contributed by atoms with Crippen LogP contribution in [-0.2, 0) is 10.3 Å². The zero-order valence-electron chi connectivity index (χ0n) is 7.59. The van der Waals surface area contributed by atoms with E-state index < -0.39 is 0 Å². The van der Waals surface area contributed by atoms with Gasteiger partial charge < -0.3 is 4.84 Å². The monoisotopic (exact) mass is 275 g/mol. The Morgan fingerprint density at radius 2 is 2.21 bits per heavy atom. The van der Waals surface area contributed by atoms with Gasteiger partial charge in [-0.1, -0.05) is 27.5 Å². The second kappa shape index (κ2) is 3.81. The van der Waals surface area contributed by atoms with Crippen LogP contribution in [0.15, 0.2) is 22.7 Å². The Bertz CT molecular complexity index is 352. The van der Waals surface area contributed by atoms with Gasteiger partial charge in [-0.05, 0) is 36.6 Å². The molecular formula is C10H11BrClNO. The molecule has 4 heteroatoms. The van der Waals surface area contributed by atoms with Crippen molar-refractivity contribution in [1.82, 2.24) is 0 Å². The lowest BCUT2D eigenvalue weighted by atomic mass is 9.97. The van der Waals surface area contributed by atoms with Crippen LogP contribution in [-0.4, -0.2) is 6.61 Å². The molecule has 0 atom stereocenters. The summed E-state index contributed by atoms with van der Waals surface area (Å²) in [6.45, 7) is 0.561. The molecule has 1 fully saturated rings. The third-order valence-electron chi connectivity index (χ3n) is 2.71. The molecule has 0 aromatic heterocycles. The fourth-order valence-corrected chi connectivity index (χ4v) is 2.55. The van der Waals surface area contributed by atoms with Gasteiger partial charge in [0.25, 0.3) is 0 Å². The van der Waals surface area contributed by atoms with E-state index in [0.717, 1.165) is 22.3 Å². The van der Waals surface area contributed by atoms with Crippen molar-refractivity contribution in [2.75, 3.05) is 6.61 Å². The van der Waals surface area contributed by atoms with Crippen molar-refractivity contribution >= 4 is 27.5 Å². The van der Waals surface area contributed by atoms with Crippen molar-refractivity contribution in [3.63, 3.8) is 0 Å². The number of halogens is 2. The van der Waals surface area contributed by atoms with Crippen LogP contribution in [0.2, 0.25) is 5.02 Å². The van der Waals surface area contributed by atoms with Crippen molar-refractivity contribution in [3.05, 3.63) is 33.3 Å². The van der Waals surface area contributed by atoms with Crippen LogP contribution in [0, 0.1) is 0 Å². The number of rotatable bonds is 3. The molecule has 0 spiro atoms. The summed E-state index contributed by atoms with van der Waals surface area (Å²) in [6.07, 6.45) is 2.23. The van der Waals surface area contributed by atoms with E-state index in [1.807, 2.05) is 18.2 Å². The van der Waals surface area contributed by atoms with Crippen LogP contribution in [0.1, 0.15) is 18.4 Å². The molecule has 0 heterocycles. The van der Waals surface area contributed by atoms with Crippen molar-refractivity contribution in [1.29, 1.82) is 0 Å². The molecule has 1 aliphatic rings. The average Bonchev–Trinajstić information content (AvgIpc) is 2.91. The van der Waals surface area contributed by atoms with E-state index in [1.54, 1.807) is 0 Å². The van der Waals surface area contributed by atoms with Crippen LogP contribution in [0.4, 0.5) is 0 Å². The zero-order chi connectivity index (χ0) is 10.2. The molecule has 0 unspecified atom stereocenters. The van der Waals surface area contributed by atoms with Gasteiger partial charge in [0.15, 0.2) is 0 Å². The number of benzene rings is 1. The minimum absolute atomic E-state index is 0.0957. The lowest BCUT2D eigenvalue weighted by Gasteiger charge is -2.16. The van der Waals surface area contributed by atoms with Crippen LogP contribution in [0.25, 0.3) is 0 Å². The van der Waals surface area contributed by atoms with E-state index in [4.69, 9.17) is 22.3 Å². The first-order chi connectivity index (χ1) is 6.68. The SMILES string of the molecule is NOCC1(c2cc(Cl)ccc2Br)CC1. The van der Waals surface area contributed by atoms with Gasteiger partial charge in [0.05, 0.1) is 6.61 Å². The van der Waals surface area contributed by atoms with Gasteiger partial charge in [0.1, 0.15) is 0 Å². The van der Waals surface area contributed by atoms with Gasteiger partial charge in [0.2, 0.25) is 0 Å². The van der Waals surface area contributed by atoms with Gasteiger partial charge in [0, 0.05) is 14.9 Å². The molecule has 2 N–H and O–H groups in total. The minimum atomic E-state index is 0.0957. The summed E-state index contributed by atoms with van der Waals surface area (Å²) in [6, 6.07) is 5.82. The molecule has 1 aliphatic carbocycles. The molecule has 0 bridgehead atoms. The van der Waals surface area contributed by atoms with Crippen LogP contribution in [0.3, 0.4) is 0 Å². The third kappa shape index (κ3) is 1.82. The van der Waals surface area contributed by atoms with Gasteiger partial charge in [-0.2, -0.15) is 0 Å². The Kier molecular flexibility index (Phi) is 2.84. The Morgan fingerprint density at radius 1 is 1.50 bits per heavy atom. The molecular weight excluding hydrogens is 265 g/mol. The average molecular weight is 277 g/mol. The Balaban J connectivity index is 2.35. The highest BCUT2D eigenvalue weighted by Crippen LogP contribution is 2.50. The molecule has 1 aromatic rings. The predicted octanol–water partition coefficient (Wildman–Crippen LogP) is 3.02. The molecule has 1 saturated carbocycles. The van der Waals surface area contributed by atoms with Crippen molar-refractivity contribution < 1.29 is 4.84 Å². The normalized spacial score (nSPS) is 18.2. The van der Waals surface area contributed by atoms with Crippen molar-refractivity contribution in [2.24, 2.45) is 5.90 Å². The molecule has 2 rings (SSSR count). The van der Waals surface area contributed by atoms with Crippen LogP contribution in [0.5, 0.6) is 0 Å². The van der Waals surface area contributed by atoms with Crippen molar-refractivity contribution in [2.45, 2.75) is 18.3 Å². The van der Waals surface area contributed by atoms with Crippen LogP contribution >= 0.6 is 27.5 Å². The Labute approximate surface area is 96.5 Å². The minimum Gasteiger partial charge on any atom is -0.304 e. The number of nitrogens with two attached hydrogens (primary N) is 1. The standard InChI is InChI=1S/C10H11BrClNO/c11-9-2-1-7(12)5-8(9)10(3-4-10)6-14-13/h1-2,5H,3-4,6,13H2.